The molecule has 1 aromatic heterocycles. The summed E-state index contributed by atoms with van der Waals surface area (Å²) in [4.78, 5) is 12.0. The van der Waals surface area contributed by atoms with Gasteiger partial charge in [-0.25, -0.2) is 0 Å². The Morgan fingerprint density at radius 2 is 2.25 bits per heavy atom. The number of hydrogen-bond acceptors (Lipinski definition) is 4. The van der Waals surface area contributed by atoms with E-state index in [-0.39, 0.29) is 24.0 Å². The Bertz CT molecular complexity index is 411. The molecule has 1 amide bonds. The molecule has 2 rings (SSSR count). The fraction of sp³-hybridized carbons (Fsp3) is 0.667. The van der Waals surface area contributed by atoms with E-state index in [1.165, 1.54) is 12.8 Å². The van der Waals surface area contributed by atoms with Gasteiger partial charge in [0.05, 0.1) is 18.8 Å². The van der Waals surface area contributed by atoms with Gasteiger partial charge in [0, 0.05) is 18.6 Å². The van der Waals surface area contributed by atoms with Gasteiger partial charge in [-0.3, -0.25) is 4.79 Å². The van der Waals surface area contributed by atoms with Gasteiger partial charge < -0.3 is 20.2 Å². The Kier molecular flexibility index (Phi) is 5.20. The van der Waals surface area contributed by atoms with Gasteiger partial charge in [-0.05, 0) is 31.9 Å². The lowest BCUT2D eigenvalue weighted by atomic mass is 9.87. The largest absolute Gasteiger partial charge is 0.467 e. The summed E-state index contributed by atoms with van der Waals surface area (Å²) in [5.41, 5.74) is -0.0322. The zero-order valence-electron chi connectivity index (χ0n) is 12.0. The van der Waals surface area contributed by atoms with Crippen molar-refractivity contribution in [2.24, 2.45) is 5.41 Å². The van der Waals surface area contributed by atoms with Gasteiger partial charge in [0.25, 0.3) is 0 Å². The first-order valence-electron chi connectivity index (χ1n) is 7.30. The highest BCUT2D eigenvalue weighted by Gasteiger charge is 2.33. The third-order valence-corrected chi connectivity index (χ3v) is 4.19. The first-order valence-corrected chi connectivity index (χ1v) is 7.30. The van der Waals surface area contributed by atoms with Crippen molar-refractivity contribution in [2.45, 2.75) is 45.2 Å². The normalized spacial score (nSPS) is 18.9. The highest BCUT2D eigenvalue weighted by Crippen LogP contribution is 2.36. The molecular formula is C15H24N2O3. The van der Waals surface area contributed by atoms with Crippen molar-refractivity contribution < 1.29 is 14.3 Å². The second-order valence-electron chi connectivity index (χ2n) is 5.76. The SMILES string of the molecule is CC(NCC1(CO)CCCC1)C(=O)NCc1ccco1. The fourth-order valence-electron chi connectivity index (χ4n) is 2.72. The number of furan rings is 1. The minimum atomic E-state index is -0.269. The first-order chi connectivity index (χ1) is 9.65. The van der Waals surface area contributed by atoms with E-state index in [2.05, 4.69) is 10.6 Å². The maximum atomic E-state index is 12.0. The fourth-order valence-corrected chi connectivity index (χ4v) is 2.72. The number of carbonyl (C=O) groups excluding carboxylic acids is 1. The summed E-state index contributed by atoms with van der Waals surface area (Å²) in [6.07, 6.45) is 6.01. The predicted octanol–water partition coefficient (Wildman–Crippen LogP) is 1.43. The molecule has 0 radical (unpaired) electrons. The third-order valence-electron chi connectivity index (χ3n) is 4.19. The number of carbonyl (C=O) groups is 1. The summed E-state index contributed by atoms with van der Waals surface area (Å²) in [5, 5.41) is 15.6. The monoisotopic (exact) mass is 280 g/mol. The first kappa shape index (κ1) is 15.1. The van der Waals surface area contributed by atoms with Gasteiger partial charge >= 0.3 is 0 Å². The summed E-state index contributed by atoms with van der Waals surface area (Å²) in [7, 11) is 0. The lowest BCUT2D eigenvalue weighted by Crippen LogP contribution is -2.46. The van der Waals surface area contributed by atoms with Crippen LogP contribution in [-0.4, -0.2) is 30.2 Å². The third kappa shape index (κ3) is 3.84. The molecule has 0 aliphatic heterocycles. The summed E-state index contributed by atoms with van der Waals surface area (Å²) in [6, 6.07) is 3.36. The van der Waals surface area contributed by atoms with Crippen molar-refractivity contribution in [2.75, 3.05) is 13.2 Å². The van der Waals surface area contributed by atoms with E-state index in [4.69, 9.17) is 4.42 Å². The second-order valence-corrected chi connectivity index (χ2v) is 5.76. The maximum absolute atomic E-state index is 12.0. The molecule has 0 saturated heterocycles. The van der Waals surface area contributed by atoms with Crippen molar-refractivity contribution in [3.8, 4) is 0 Å². The smallest absolute Gasteiger partial charge is 0.237 e. The van der Waals surface area contributed by atoms with Crippen molar-refractivity contribution in [3.05, 3.63) is 24.2 Å². The molecular weight excluding hydrogens is 256 g/mol. The molecule has 1 aromatic rings. The summed E-state index contributed by atoms with van der Waals surface area (Å²) >= 11 is 0. The van der Waals surface area contributed by atoms with Gasteiger partial charge in [0.15, 0.2) is 0 Å². The lowest BCUT2D eigenvalue weighted by molar-refractivity contribution is -0.123. The van der Waals surface area contributed by atoms with E-state index in [1.807, 2.05) is 13.0 Å². The van der Waals surface area contributed by atoms with Crippen LogP contribution in [0.4, 0.5) is 0 Å². The van der Waals surface area contributed by atoms with E-state index < -0.39 is 0 Å². The van der Waals surface area contributed by atoms with Gasteiger partial charge in [0.2, 0.25) is 5.91 Å². The van der Waals surface area contributed by atoms with Crippen LogP contribution in [-0.2, 0) is 11.3 Å². The van der Waals surface area contributed by atoms with Crippen LogP contribution in [0, 0.1) is 5.41 Å². The molecule has 0 spiro atoms. The van der Waals surface area contributed by atoms with E-state index >= 15 is 0 Å². The molecule has 1 fully saturated rings. The average molecular weight is 280 g/mol. The number of nitrogens with one attached hydrogen (secondary N) is 2. The molecule has 1 saturated carbocycles. The van der Waals surface area contributed by atoms with Crippen LogP contribution in [0.2, 0.25) is 0 Å². The molecule has 1 heterocycles. The highest BCUT2D eigenvalue weighted by atomic mass is 16.3. The van der Waals surface area contributed by atoms with Crippen molar-refractivity contribution >= 4 is 5.91 Å². The Morgan fingerprint density at radius 3 is 2.85 bits per heavy atom. The maximum Gasteiger partial charge on any atom is 0.237 e. The topological polar surface area (TPSA) is 74.5 Å². The number of aliphatic hydroxyl groups is 1. The van der Waals surface area contributed by atoms with E-state index in [1.54, 1.807) is 12.3 Å². The summed E-state index contributed by atoms with van der Waals surface area (Å²) < 4.78 is 5.17. The zero-order valence-corrected chi connectivity index (χ0v) is 12.0. The Balaban J connectivity index is 1.73. The number of hydrogen-bond donors (Lipinski definition) is 3. The standard InChI is InChI=1S/C15H24N2O3/c1-12(14(19)16-9-13-5-4-8-20-13)17-10-15(11-18)6-2-3-7-15/h4-5,8,12,17-18H,2-3,6-7,9-11H2,1H3,(H,16,19). The molecule has 1 unspecified atom stereocenters. The molecule has 1 aliphatic rings. The minimum Gasteiger partial charge on any atom is -0.467 e. The number of amides is 1. The van der Waals surface area contributed by atoms with Crippen molar-refractivity contribution in [1.82, 2.24) is 10.6 Å². The quantitative estimate of drug-likeness (QED) is 0.706. The van der Waals surface area contributed by atoms with Gasteiger partial charge in [-0.1, -0.05) is 12.8 Å². The summed E-state index contributed by atoms with van der Waals surface area (Å²) in [5.74, 6) is 0.695. The molecule has 112 valence electrons. The highest BCUT2D eigenvalue weighted by molar-refractivity contribution is 5.81. The average Bonchev–Trinajstić information content (AvgIpc) is 3.14. The van der Waals surface area contributed by atoms with E-state index in [0.29, 0.717) is 13.1 Å². The molecule has 5 nitrogen and oxygen atoms in total. The van der Waals surface area contributed by atoms with Gasteiger partial charge in [-0.15, -0.1) is 0 Å². The lowest BCUT2D eigenvalue weighted by Gasteiger charge is -2.28. The van der Waals surface area contributed by atoms with Crippen LogP contribution in [0.15, 0.2) is 22.8 Å². The van der Waals surface area contributed by atoms with Crippen LogP contribution < -0.4 is 10.6 Å². The Hall–Kier alpha value is -1.33. The molecule has 0 bridgehead atoms. The molecule has 3 N–H and O–H groups in total. The number of rotatable bonds is 7. The van der Waals surface area contributed by atoms with Crippen LogP contribution in [0.1, 0.15) is 38.4 Å². The minimum absolute atomic E-state index is 0.0322. The van der Waals surface area contributed by atoms with Gasteiger partial charge in [0.1, 0.15) is 5.76 Å². The molecule has 20 heavy (non-hydrogen) atoms. The van der Waals surface area contributed by atoms with Crippen LogP contribution in [0.3, 0.4) is 0 Å². The van der Waals surface area contributed by atoms with Crippen LogP contribution >= 0.6 is 0 Å². The van der Waals surface area contributed by atoms with Crippen molar-refractivity contribution in [3.63, 3.8) is 0 Å². The van der Waals surface area contributed by atoms with Crippen molar-refractivity contribution in [1.29, 1.82) is 0 Å². The van der Waals surface area contributed by atoms with Crippen LogP contribution in [0.5, 0.6) is 0 Å². The molecule has 0 aromatic carbocycles. The molecule has 1 aliphatic carbocycles. The predicted molar refractivity (Wildman–Crippen MR) is 76.0 cm³/mol. The Morgan fingerprint density at radius 1 is 1.50 bits per heavy atom. The summed E-state index contributed by atoms with van der Waals surface area (Å²) in [6.45, 7) is 3.14. The number of aliphatic hydroxyl groups excluding tert-OH is 1. The Labute approximate surface area is 119 Å². The second kappa shape index (κ2) is 6.90. The molecule has 5 heteroatoms. The van der Waals surface area contributed by atoms with E-state index in [9.17, 15) is 9.90 Å². The van der Waals surface area contributed by atoms with Crippen LogP contribution in [0.25, 0.3) is 0 Å². The van der Waals surface area contributed by atoms with Gasteiger partial charge in [-0.2, -0.15) is 0 Å². The molecule has 1 atom stereocenters. The van der Waals surface area contributed by atoms with E-state index in [0.717, 1.165) is 18.6 Å². The zero-order chi connectivity index (χ0) is 14.4.